The molecule has 0 amide bonds. The topological polar surface area (TPSA) is 84.7 Å². The Kier molecular flexibility index (Phi) is 2.97. The van der Waals surface area contributed by atoms with Crippen LogP contribution in [-0.4, -0.2) is 20.1 Å². The summed E-state index contributed by atoms with van der Waals surface area (Å²) in [5.41, 5.74) is 2.67. The number of nitrogens with one attached hydrogen (secondary N) is 1. The Balaban J connectivity index is 1.96. The Bertz CT molecular complexity index is 1050. The zero-order valence-electron chi connectivity index (χ0n) is 11.7. The number of benzene rings is 1. The largest absolute Gasteiger partial charge is 0.353 e. The zero-order valence-corrected chi connectivity index (χ0v) is 11.7. The van der Waals surface area contributed by atoms with Gasteiger partial charge >= 0.3 is 0 Å². The van der Waals surface area contributed by atoms with Crippen molar-refractivity contribution in [1.29, 1.82) is 0 Å². The first-order valence-corrected chi connectivity index (χ1v) is 6.77. The quantitative estimate of drug-likeness (QED) is 0.615. The number of nitrogens with zero attached hydrogens (tertiary/aromatic N) is 3. The second-order valence-electron chi connectivity index (χ2n) is 4.87. The van der Waals surface area contributed by atoms with Gasteiger partial charge in [0.25, 0.3) is 5.56 Å². The highest BCUT2D eigenvalue weighted by molar-refractivity contribution is 5.96. The van der Waals surface area contributed by atoms with Gasteiger partial charge in [0.2, 0.25) is 0 Å². The maximum atomic E-state index is 13.1. The Labute approximate surface area is 128 Å². The number of H-pyrrole nitrogens is 1. The van der Waals surface area contributed by atoms with Gasteiger partial charge in [-0.05, 0) is 30.3 Å². The minimum absolute atomic E-state index is 0.285. The average molecular weight is 308 g/mol. The van der Waals surface area contributed by atoms with Crippen LogP contribution in [0.15, 0.2) is 58.4 Å². The molecule has 0 radical (unpaired) electrons. The summed E-state index contributed by atoms with van der Waals surface area (Å²) in [6.07, 6.45) is 4.33. The standard InChI is InChI=1S/C16H9FN4O2/c17-10-3-1-9(2-4-10)13-14-15(23-21-13)11(5-6-19-14)12-7-18-8-20-16(12)22/h1-8H,(H,18,20,22). The van der Waals surface area contributed by atoms with Crippen molar-refractivity contribution in [3.8, 4) is 22.4 Å². The summed E-state index contributed by atoms with van der Waals surface area (Å²) in [5, 5.41) is 4.02. The molecule has 1 N–H and O–H groups in total. The maximum absolute atomic E-state index is 13.1. The Hall–Kier alpha value is -3.35. The van der Waals surface area contributed by atoms with Crippen molar-refractivity contribution in [3.63, 3.8) is 0 Å². The highest BCUT2D eigenvalue weighted by Crippen LogP contribution is 2.31. The molecule has 0 spiro atoms. The fraction of sp³-hybridized carbons (Fsp3) is 0. The number of fused-ring (bicyclic) bond motifs is 1. The number of hydrogen-bond donors (Lipinski definition) is 1. The normalized spacial score (nSPS) is 11.0. The van der Waals surface area contributed by atoms with Crippen LogP contribution in [0.25, 0.3) is 33.5 Å². The Morgan fingerprint density at radius 2 is 1.91 bits per heavy atom. The number of aromatic nitrogens is 4. The predicted molar refractivity (Wildman–Crippen MR) is 81.0 cm³/mol. The lowest BCUT2D eigenvalue weighted by Gasteiger charge is -2.00. The number of rotatable bonds is 2. The van der Waals surface area contributed by atoms with Crippen LogP contribution >= 0.6 is 0 Å². The van der Waals surface area contributed by atoms with Gasteiger partial charge in [0.15, 0.2) is 5.58 Å². The van der Waals surface area contributed by atoms with E-state index in [1.807, 2.05) is 0 Å². The zero-order chi connectivity index (χ0) is 15.8. The average Bonchev–Trinajstić information content (AvgIpc) is 3.00. The van der Waals surface area contributed by atoms with E-state index in [4.69, 9.17) is 4.52 Å². The second kappa shape index (κ2) is 5.13. The molecule has 1 aromatic carbocycles. The number of aromatic amines is 1. The van der Waals surface area contributed by atoms with Crippen LogP contribution in [0, 0.1) is 5.82 Å². The minimum atomic E-state index is -0.336. The van der Waals surface area contributed by atoms with Crippen LogP contribution in [-0.2, 0) is 0 Å². The predicted octanol–water partition coefficient (Wildman–Crippen LogP) is 2.78. The number of pyridine rings is 1. The number of hydrogen-bond acceptors (Lipinski definition) is 5. The lowest BCUT2D eigenvalue weighted by Crippen LogP contribution is -2.08. The van der Waals surface area contributed by atoms with E-state index in [-0.39, 0.29) is 11.4 Å². The summed E-state index contributed by atoms with van der Waals surface area (Å²) >= 11 is 0. The first-order valence-electron chi connectivity index (χ1n) is 6.77. The van der Waals surface area contributed by atoms with Crippen molar-refractivity contribution < 1.29 is 8.91 Å². The van der Waals surface area contributed by atoms with Gasteiger partial charge in [0.05, 0.1) is 11.9 Å². The van der Waals surface area contributed by atoms with Gasteiger partial charge < -0.3 is 9.51 Å². The second-order valence-corrected chi connectivity index (χ2v) is 4.87. The van der Waals surface area contributed by atoms with Crippen molar-refractivity contribution >= 4 is 11.1 Å². The first kappa shape index (κ1) is 13.3. The summed E-state index contributed by atoms with van der Waals surface area (Å²) in [4.78, 5) is 22.7. The maximum Gasteiger partial charge on any atom is 0.258 e. The summed E-state index contributed by atoms with van der Waals surface area (Å²) in [5.74, 6) is -0.336. The molecule has 0 unspecified atom stereocenters. The highest BCUT2D eigenvalue weighted by Gasteiger charge is 2.17. The van der Waals surface area contributed by atoms with Gasteiger partial charge in [-0.2, -0.15) is 0 Å². The van der Waals surface area contributed by atoms with Gasteiger partial charge in [-0.1, -0.05) is 5.16 Å². The Morgan fingerprint density at radius 3 is 2.70 bits per heavy atom. The van der Waals surface area contributed by atoms with Crippen LogP contribution in [0.4, 0.5) is 4.39 Å². The van der Waals surface area contributed by atoms with E-state index in [1.165, 1.54) is 24.7 Å². The van der Waals surface area contributed by atoms with E-state index in [2.05, 4.69) is 20.1 Å². The third-order valence-electron chi connectivity index (χ3n) is 3.48. The van der Waals surface area contributed by atoms with Gasteiger partial charge in [-0.15, -0.1) is 0 Å². The van der Waals surface area contributed by atoms with E-state index in [0.717, 1.165) is 0 Å². The van der Waals surface area contributed by atoms with E-state index in [9.17, 15) is 9.18 Å². The fourth-order valence-electron chi connectivity index (χ4n) is 2.39. The molecule has 4 aromatic rings. The molecule has 23 heavy (non-hydrogen) atoms. The third kappa shape index (κ3) is 2.18. The van der Waals surface area contributed by atoms with Crippen LogP contribution in [0.5, 0.6) is 0 Å². The molecule has 112 valence electrons. The van der Waals surface area contributed by atoms with Crippen molar-refractivity contribution in [3.05, 3.63) is 65.2 Å². The molecule has 4 rings (SSSR count). The summed E-state index contributed by atoms with van der Waals surface area (Å²) in [6.45, 7) is 0. The van der Waals surface area contributed by atoms with Gasteiger partial charge in [0, 0.05) is 23.5 Å². The molecule has 0 saturated heterocycles. The molecule has 0 aliphatic heterocycles. The van der Waals surface area contributed by atoms with E-state index >= 15 is 0 Å². The van der Waals surface area contributed by atoms with E-state index in [1.54, 1.807) is 24.4 Å². The lowest BCUT2D eigenvalue weighted by atomic mass is 10.1. The Morgan fingerprint density at radius 1 is 1.09 bits per heavy atom. The van der Waals surface area contributed by atoms with E-state index in [0.29, 0.717) is 33.5 Å². The lowest BCUT2D eigenvalue weighted by molar-refractivity contribution is 0.460. The SMILES string of the molecule is O=c1[nH]cncc1-c1ccnc2c(-c3ccc(F)cc3)noc12. The highest BCUT2D eigenvalue weighted by atomic mass is 19.1. The summed E-state index contributed by atoms with van der Waals surface area (Å²) < 4.78 is 18.5. The van der Waals surface area contributed by atoms with Crippen LogP contribution in [0.1, 0.15) is 0 Å². The van der Waals surface area contributed by atoms with Crippen molar-refractivity contribution in [2.75, 3.05) is 0 Å². The minimum Gasteiger partial charge on any atom is -0.353 e. The molecule has 7 heteroatoms. The van der Waals surface area contributed by atoms with Crippen LogP contribution in [0.3, 0.4) is 0 Å². The molecule has 6 nitrogen and oxygen atoms in total. The molecule has 0 fully saturated rings. The van der Waals surface area contributed by atoms with Gasteiger partial charge in [-0.3, -0.25) is 9.78 Å². The monoisotopic (exact) mass is 308 g/mol. The molecule has 0 aliphatic rings. The van der Waals surface area contributed by atoms with Gasteiger partial charge in [0.1, 0.15) is 17.0 Å². The number of halogens is 1. The van der Waals surface area contributed by atoms with Crippen molar-refractivity contribution in [2.45, 2.75) is 0 Å². The molecular formula is C16H9FN4O2. The fourth-order valence-corrected chi connectivity index (χ4v) is 2.39. The first-order chi connectivity index (χ1) is 11.2. The molecule has 0 saturated carbocycles. The summed E-state index contributed by atoms with van der Waals surface area (Å²) in [7, 11) is 0. The molecular weight excluding hydrogens is 299 g/mol. The van der Waals surface area contributed by atoms with Crippen molar-refractivity contribution in [2.24, 2.45) is 0 Å². The smallest absolute Gasteiger partial charge is 0.258 e. The third-order valence-corrected chi connectivity index (χ3v) is 3.48. The molecule has 3 aromatic heterocycles. The summed E-state index contributed by atoms with van der Waals surface area (Å²) in [6, 6.07) is 7.53. The van der Waals surface area contributed by atoms with E-state index < -0.39 is 0 Å². The van der Waals surface area contributed by atoms with Crippen LogP contribution < -0.4 is 5.56 Å². The molecule has 0 aliphatic carbocycles. The van der Waals surface area contributed by atoms with Crippen LogP contribution in [0.2, 0.25) is 0 Å². The van der Waals surface area contributed by atoms with Gasteiger partial charge in [-0.25, -0.2) is 9.37 Å². The molecule has 0 atom stereocenters. The molecule has 3 heterocycles. The van der Waals surface area contributed by atoms with Crippen molar-refractivity contribution in [1.82, 2.24) is 20.1 Å². The molecule has 0 bridgehead atoms.